The van der Waals surface area contributed by atoms with Crippen molar-refractivity contribution in [3.63, 3.8) is 0 Å². The fraction of sp³-hybridized carbons (Fsp3) is 0.348. The van der Waals surface area contributed by atoms with Gasteiger partial charge in [0.05, 0.1) is 25.8 Å². The molecule has 164 valence electrons. The summed E-state index contributed by atoms with van der Waals surface area (Å²) >= 11 is 0. The average Bonchev–Trinajstić information content (AvgIpc) is 3.13. The predicted octanol–water partition coefficient (Wildman–Crippen LogP) is 2.86. The van der Waals surface area contributed by atoms with Crippen LogP contribution >= 0.6 is 0 Å². The van der Waals surface area contributed by atoms with Crippen LogP contribution in [0.5, 0.6) is 11.5 Å². The molecule has 0 aliphatic carbocycles. The summed E-state index contributed by atoms with van der Waals surface area (Å²) in [5, 5.41) is 2.64. The van der Waals surface area contributed by atoms with Crippen LogP contribution in [0.4, 0.5) is 11.4 Å². The van der Waals surface area contributed by atoms with Crippen molar-refractivity contribution < 1.29 is 28.6 Å². The van der Waals surface area contributed by atoms with Crippen LogP contribution in [0.1, 0.15) is 17.5 Å². The maximum atomic E-state index is 12.4. The van der Waals surface area contributed by atoms with Crippen LogP contribution in [0.25, 0.3) is 0 Å². The van der Waals surface area contributed by atoms with E-state index in [0.717, 1.165) is 16.8 Å². The van der Waals surface area contributed by atoms with Crippen molar-refractivity contribution >= 4 is 29.2 Å². The van der Waals surface area contributed by atoms with Gasteiger partial charge in [-0.1, -0.05) is 6.07 Å². The molecule has 1 heterocycles. The number of aryl methyl sites for hydroxylation is 2. The predicted molar refractivity (Wildman–Crippen MR) is 116 cm³/mol. The standard InChI is InChI=1S/C23H26N2O6/c1-14-7-15(2)9-17(8-14)25-12-16(10-22(25)27)23(28)31-13-21(26)24-19-6-5-18(29-3)11-20(19)30-4/h5-9,11,16H,10,12-13H2,1-4H3,(H,24,26)/t16-/m0/s1. The van der Waals surface area contributed by atoms with Gasteiger partial charge in [0.25, 0.3) is 5.91 Å². The summed E-state index contributed by atoms with van der Waals surface area (Å²) in [6.45, 7) is 3.69. The topological polar surface area (TPSA) is 94.2 Å². The summed E-state index contributed by atoms with van der Waals surface area (Å²) < 4.78 is 15.5. The summed E-state index contributed by atoms with van der Waals surface area (Å²) in [4.78, 5) is 38.7. The van der Waals surface area contributed by atoms with E-state index in [1.54, 1.807) is 23.1 Å². The highest BCUT2D eigenvalue weighted by atomic mass is 16.5. The third-order valence-corrected chi connectivity index (χ3v) is 5.00. The van der Waals surface area contributed by atoms with Crippen LogP contribution < -0.4 is 19.7 Å². The minimum Gasteiger partial charge on any atom is -0.497 e. The number of nitrogens with one attached hydrogen (secondary N) is 1. The van der Waals surface area contributed by atoms with Gasteiger partial charge in [0.2, 0.25) is 5.91 Å². The first-order valence-electron chi connectivity index (χ1n) is 9.88. The van der Waals surface area contributed by atoms with E-state index in [4.69, 9.17) is 14.2 Å². The molecule has 1 aliphatic heterocycles. The van der Waals surface area contributed by atoms with E-state index in [9.17, 15) is 14.4 Å². The molecule has 0 radical (unpaired) electrons. The van der Waals surface area contributed by atoms with Gasteiger partial charge >= 0.3 is 5.97 Å². The number of anilines is 2. The molecule has 0 spiro atoms. The minimum absolute atomic E-state index is 0.0553. The van der Waals surface area contributed by atoms with Crippen molar-refractivity contribution in [1.29, 1.82) is 0 Å². The zero-order valence-electron chi connectivity index (χ0n) is 18.1. The molecular formula is C23H26N2O6. The molecule has 2 aromatic carbocycles. The first-order valence-corrected chi connectivity index (χ1v) is 9.88. The molecule has 2 amide bonds. The molecule has 0 unspecified atom stereocenters. The first kappa shape index (κ1) is 22.1. The van der Waals surface area contributed by atoms with Crippen LogP contribution in [0.15, 0.2) is 36.4 Å². The monoisotopic (exact) mass is 426 g/mol. The Morgan fingerprint density at radius 2 is 1.77 bits per heavy atom. The Bertz CT molecular complexity index is 983. The lowest BCUT2D eigenvalue weighted by atomic mass is 10.1. The number of carbonyl (C=O) groups excluding carboxylic acids is 3. The van der Waals surface area contributed by atoms with Gasteiger partial charge in [-0.3, -0.25) is 14.4 Å². The number of hydrogen-bond acceptors (Lipinski definition) is 6. The van der Waals surface area contributed by atoms with E-state index < -0.39 is 24.4 Å². The van der Waals surface area contributed by atoms with Crippen molar-refractivity contribution in [2.45, 2.75) is 20.3 Å². The third-order valence-electron chi connectivity index (χ3n) is 5.00. The second-order valence-corrected chi connectivity index (χ2v) is 7.47. The van der Waals surface area contributed by atoms with Crippen molar-refractivity contribution in [2.24, 2.45) is 5.92 Å². The Hall–Kier alpha value is -3.55. The molecular weight excluding hydrogens is 400 g/mol. The Balaban J connectivity index is 1.56. The zero-order valence-corrected chi connectivity index (χ0v) is 18.1. The molecule has 0 bridgehead atoms. The highest BCUT2D eigenvalue weighted by molar-refractivity contribution is 6.00. The number of benzene rings is 2. The highest BCUT2D eigenvalue weighted by Gasteiger charge is 2.36. The number of ether oxygens (including phenoxy) is 3. The molecule has 8 nitrogen and oxygen atoms in total. The molecule has 1 aliphatic rings. The van der Waals surface area contributed by atoms with Gasteiger partial charge in [-0.2, -0.15) is 0 Å². The SMILES string of the molecule is COc1ccc(NC(=O)COC(=O)[C@H]2CC(=O)N(c3cc(C)cc(C)c3)C2)c(OC)c1. The molecule has 1 saturated heterocycles. The Morgan fingerprint density at radius 1 is 1.06 bits per heavy atom. The van der Waals surface area contributed by atoms with Gasteiger partial charge in [0, 0.05) is 24.7 Å². The van der Waals surface area contributed by atoms with E-state index in [-0.39, 0.29) is 18.9 Å². The largest absolute Gasteiger partial charge is 0.497 e. The molecule has 2 aromatic rings. The Labute approximate surface area is 181 Å². The number of nitrogens with zero attached hydrogens (tertiary/aromatic N) is 1. The number of carbonyl (C=O) groups is 3. The first-order chi connectivity index (χ1) is 14.8. The van der Waals surface area contributed by atoms with E-state index in [2.05, 4.69) is 5.32 Å². The van der Waals surface area contributed by atoms with Crippen LogP contribution in [0, 0.1) is 19.8 Å². The number of rotatable bonds is 7. The number of hydrogen-bond donors (Lipinski definition) is 1. The van der Waals surface area contributed by atoms with Gasteiger partial charge in [0.1, 0.15) is 11.5 Å². The van der Waals surface area contributed by atoms with Gasteiger partial charge < -0.3 is 24.4 Å². The number of esters is 1. The van der Waals surface area contributed by atoms with E-state index in [1.165, 1.54) is 14.2 Å². The van der Waals surface area contributed by atoms with Crippen molar-refractivity contribution in [1.82, 2.24) is 0 Å². The second-order valence-electron chi connectivity index (χ2n) is 7.47. The Kier molecular flexibility index (Phi) is 6.79. The maximum Gasteiger partial charge on any atom is 0.311 e. The molecule has 8 heteroatoms. The van der Waals surface area contributed by atoms with Gasteiger partial charge in [-0.15, -0.1) is 0 Å². The summed E-state index contributed by atoms with van der Waals surface area (Å²) in [5.74, 6) is -0.828. The fourth-order valence-corrected chi connectivity index (χ4v) is 3.56. The normalized spacial score (nSPS) is 15.5. The lowest BCUT2D eigenvalue weighted by Gasteiger charge is -2.18. The minimum atomic E-state index is -0.614. The van der Waals surface area contributed by atoms with Crippen LogP contribution in [-0.2, 0) is 19.1 Å². The van der Waals surface area contributed by atoms with Crippen LogP contribution in [0.3, 0.4) is 0 Å². The van der Waals surface area contributed by atoms with Crippen LogP contribution in [-0.4, -0.2) is 45.2 Å². The summed E-state index contributed by atoms with van der Waals surface area (Å²) in [5.41, 5.74) is 3.28. The molecule has 0 aromatic heterocycles. The van der Waals surface area contributed by atoms with Gasteiger partial charge in [0.15, 0.2) is 6.61 Å². The molecule has 1 fully saturated rings. The smallest absolute Gasteiger partial charge is 0.311 e. The highest BCUT2D eigenvalue weighted by Crippen LogP contribution is 2.29. The maximum absolute atomic E-state index is 12.4. The summed E-state index contributed by atoms with van der Waals surface area (Å²) in [6.07, 6.45) is 0.0553. The van der Waals surface area contributed by atoms with Gasteiger partial charge in [-0.25, -0.2) is 0 Å². The second kappa shape index (κ2) is 9.51. The quantitative estimate of drug-likeness (QED) is 0.685. The molecule has 1 N–H and O–H groups in total. The van der Waals surface area contributed by atoms with Crippen molar-refractivity contribution in [2.75, 3.05) is 37.6 Å². The number of amides is 2. The Morgan fingerprint density at radius 3 is 2.42 bits per heavy atom. The molecule has 0 saturated carbocycles. The average molecular weight is 426 g/mol. The zero-order chi connectivity index (χ0) is 22.5. The van der Waals surface area contributed by atoms with E-state index in [1.807, 2.05) is 32.0 Å². The molecule has 31 heavy (non-hydrogen) atoms. The summed E-state index contributed by atoms with van der Waals surface area (Å²) in [7, 11) is 3.00. The molecule has 3 rings (SSSR count). The fourth-order valence-electron chi connectivity index (χ4n) is 3.56. The van der Waals surface area contributed by atoms with E-state index in [0.29, 0.717) is 17.2 Å². The van der Waals surface area contributed by atoms with Gasteiger partial charge in [-0.05, 0) is 49.2 Å². The van der Waals surface area contributed by atoms with Crippen molar-refractivity contribution in [3.8, 4) is 11.5 Å². The van der Waals surface area contributed by atoms with Crippen molar-refractivity contribution in [3.05, 3.63) is 47.5 Å². The summed E-state index contributed by atoms with van der Waals surface area (Å²) in [6, 6.07) is 10.8. The van der Waals surface area contributed by atoms with Crippen LogP contribution in [0.2, 0.25) is 0 Å². The third kappa shape index (κ3) is 5.33. The lowest BCUT2D eigenvalue weighted by Crippen LogP contribution is -2.28. The lowest BCUT2D eigenvalue weighted by molar-refractivity contribution is -0.151. The molecule has 1 atom stereocenters. The van der Waals surface area contributed by atoms with E-state index >= 15 is 0 Å². The number of methoxy groups -OCH3 is 2.